The van der Waals surface area contributed by atoms with Crippen LogP contribution in [0.3, 0.4) is 0 Å². The first kappa shape index (κ1) is 17.8. The molecule has 1 saturated heterocycles. The van der Waals surface area contributed by atoms with Crippen molar-refractivity contribution in [2.24, 2.45) is 5.92 Å². The fourth-order valence-electron chi connectivity index (χ4n) is 2.72. The molecule has 3 unspecified atom stereocenters. The number of aliphatic hydroxyl groups is 2. The zero-order valence-corrected chi connectivity index (χ0v) is 12.9. The number of nitrogens with zero attached hydrogens (tertiary/aromatic N) is 1. The molecular weight excluding hydrogens is 315 g/mol. The van der Waals surface area contributed by atoms with Gasteiger partial charge >= 0.3 is 6.18 Å². The summed E-state index contributed by atoms with van der Waals surface area (Å²) in [6, 6.07) is 2.33. The highest BCUT2D eigenvalue weighted by molar-refractivity contribution is 5.78. The van der Waals surface area contributed by atoms with Gasteiger partial charge in [0.1, 0.15) is 11.5 Å². The van der Waals surface area contributed by atoms with E-state index in [4.69, 9.17) is 4.42 Å². The summed E-state index contributed by atoms with van der Waals surface area (Å²) in [6.45, 7) is 3.48. The average molecular weight is 335 g/mol. The fourth-order valence-corrected chi connectivity index (χ4v) is 2.72. The number of alkyl halides is 3. The topological polar surface area (TPSA) is 73.9 Å². The van der Waals surface area contributed by atoms with Crippen molar-refractivity contribution in [3.05, 3.63) is 23.7 Å². The molecule has 1 amide bonds. The van der Waals surface area contributed by atoms with Crippen LogP contribution in [-0.4, -0.2) is 46.4 Å². The van der Waals surface area contributed by atoms with Gasteiger partial charge < -0.3 is 19.5 Å². The maximum Gasteiger partial charge on any atom is 0.425 e. The molecule has 0 aliphatic carbocycles. The minimum Gasteiger partial charge on any atom is -0.463 e. The number of amides is 1. The Bertz CT molecular complexity index is 569. The largest absolute Gasteiger partial charge is 0.463 e. The van der Waals surface area contributed by atoms with Gasteiger partial charge in [-0.1, -0.05) is 0 Å². The number of furan rings is 1. The molecule has 1 aliphatic heterocycles. The molecule has 0 bridgehead atoms. The minimum absolute atomic E-state index is 0.163. The molecule has 1 fully saturated rings. The van der Waals surface area contributed by atoms with Crippen LogP contribution >= 0.6 is 0 Å². The average Bonchev–Trinajstić information content (AvgIpc) is 3.05. The lowest BCUT2D eigenvalue weighted by Crippen LogP contribution is -2.46. The van der Waals surface area contributed by atoms with Crippen LogP contribution in [0.15, 0.2) is 16.5 Å². The van der Waals surface area contributed by atoms with E-state index in [1.54, 1.807) is 6.92 Å². The Morgan fingerprint density at radius 2 is 2.13 bits per heavy atom. The van der Waals surface area contributed by atoms with Crippen LogP contribution in [0, 0.1) is 12.8 Å². The lowest BCUT2D eigenvalue weighted by Gasteiger charge is -2.30. The van der Waals surface area contributed by atoms with Gasteiger partial charge in [-0.3, -0.25) is 4.79 Å². The quantitative estimate of drug-likeness (QED) is 0.882. The number of halogens is 3. The highest BCUT2D eigenvalue weighted by Gasteiger charge is 2.58. The zero-order chi connectivity index (χ0) is 17.4. The third-order valence-electron chi connectivity index (χ3n) is 4.28. The monoisotopic (exact) mass is 335 g/mol. The number of carbonyl (C=O) groups is 1. The first-order valence-electron chi connectivity index (χ1n) is 7.36. The van der Waals surface area contributed by atoms with E-state index in [-0.39, 0.29) is 24.8 Å². The number of hydrogen-bond donors (Lipinski definition) is 2. The third-order valence-corrected chi connectivity index (χ3v) is 4.28. The van der Waals surface area contributed by atoms with Crippen molar-refractivity contribution in [3.8, 4) is 0 Å². The molecule has 2 rings (SSSR count). The molecule has 2 heterocycles. The summed E-state index contributed by atoms with van der Waals surface area (Å²) in [7, 11) is 0. The van der Waals surface area contributed by atoms with E-state index in [2.05, 4.69) is 0 Å². The van der Waals surface area contributed by atoms with Gasteiger partial charge in [0.05, 0.1) is 12.5 Å². The van der Waals surface area contributed by atoms with Crippen molar-refractivity contribution in [2.75, 3.05) is 13.1 Å². The Labute approximate surface area is 131 Å². The molecule has 8 heteroatoms. The van der Waals surface area contributed by atoms with Crippen molar-refractivity contribution in [3.63, 3.8) is 0 Å². The summed E-state index contributed by atoms with van der Waals surface area (Å²) >= 11 is 0. The normalized spacial score (nSPS) is 22.9. The van der Waals surface area contributed by atoms with E-state index >= 15 is 0 Å². The molecular formula is C15H20F3NO4. The molecule has 5 nitrogen and oxygen atoms in total. The summed E-state index contributed by atoms with van der Waals surface area (Å²) in [5.41, 5.74) is -3.36. The van der Waals surface area contributed by atoms with E-state index in [0.29, 0.717) is 6.42 Å². The second kappa shape index (κ2) is 6.16. The van der Waals surface area contributed by atoms with Gasteiger partial charge in [-0.15, -0.1) is 0 Å². The van der Waals surface area contributed by atoms with Crippen molar-refractivity contribution in [2.45, 2.75) is 44.6 Å². The minimum atomic E-state index is -5.05. The smallest absolute Gasteiger partial charge is 0.425 e. The van der Waals surface area contributed by atoms with Gasteiger partial charge in [0.2, 0.25) is 11.5 Å². The zero-order valence-electron chi connectivity index (χ0n) is 12.9. The maximum atomic E-state index is 13.3. The van der Waals surface area contributed by atoms with Gasteiger partial charge in [0.25, 0.3) is 0 Å². The first-order chi connectivity index (χ1) is 10.5. The molecule has 1 aliphatic rings. The van der Waals surface area contributed by atoms with Crippen molar-refractivity contribution >= 4 is 5.91 Å². The van der Waals surface area contributed by atoms with Crippen molar-refractivity contribution < 1.29 is 32.6 Å². The number of aryl methyl sites for hydroxylation is 1. The highest BCUT2D eigenvalue weighted by atomic mass is 19.4. The number of likely N-dealkylation sites (tertiary alicyclic amines) is 1. The molecule has 3 atom stereocenters. The van der Waals surface area contributed by atoms with E-state index in [1.165, 1.54) is 17.9 Å². The van der Waals surface area contributed by atoms with Crippen LogP contribution in [0.1, 0.15) is 31.3 Å². The lowest BCUT2D eigenvalue weighted by molar-refractivity contribution is -0.274. The molecule has 1 aromatic heterocycles. The van der Waals surface area contributed by atoms with E-state index in [9.17, 15) is 28.2 Å². The molecule has 0 saturated carbocycles. The van der Waals surface area contributed by atoms with Gasteiger partial charge in [0.15, 0.2) is 0 Å². The number of aliphatic hydroxyl groups excluding tert-OH is 1. The van der Waals surface area contributed by atoms with E-state index in [1.807, 2.05) is 0 Å². The predicted octanol–water partition coefficient (Wildman–Crippen LogP) is 1.96. The van der Waals surface area contributed by atoms with Crippen LogP contribution in [0.25, 0.3) is 0 Å². The molecule has 0 radical (unpaired) electrons. The molecule has 2 N–H and O–H groups in total. The number of rotatable bonds is 4. The molecule has 130 valence electrons. The Kier molecular flexibility index (Phi) is 4.77. The second-order valence-corrected chi connectivity index (χ2v) is 6.07. The highest BCUT2D eigenvalue weighted by Crippen LogP contribution is 2.43. The van der Waals surface area contributed by atoms with Crippen LogP contribution in [0.4, 0.5) is 13.2 Å². The van der Waals surface area contributed by atoms with Crippen molar-refractivity contribution in [1.29, 1.82) is 0 Å². The fraction of sp³-hybridized carbons (Fsp3) is 0.667. The van der Waals surface area contributed by atoms with Crippen LogP contribution in [0.5, 0.6) is 0 Å². The molecule has 1 aromatic rings. The first-order valence-corrected chi connectivity index (χ1v) is 7.36. The summed E-state index contributed by atoms with van der Waals surface area (Å²) in [5, 5.41) is 19.6. The Hall–Kier alpha value is -1.54. The summed E-state index contributed by atoms with van der Waals surface area (Å²) in [6.07, 6.45) is -6.30. The van der Waals surface area contributed by atoms with E-state index in [0.717, 1.165) is 6.07 Å². The van der Waals surface area contributed by atoms with Crippen LogP contribution in [0.2, 0.25) is 0 Å². The SMILES string of the molecule is Cc1ccc(C(O)(CC(=O)N2CCC(C(C)O)C2)C(F)(F)F)o1. The number of hydrogen-bond acceptors (Lipinski definition) is 4. The van der Waals surface area contributed by atoms with Gasteiger partial charge in [-0.2, -0.15) is 13.2 Å². The molecule has 0 aromatic carbocycles. The van der Waals surface area contributed by atoms with Crippen LogP contribution in [-0.2, 0) is 10.4 Å². The summed E-state index contributed by atoms with van der Waals surface area (Å²) < 4.78 is 44.9. The third kappa shape index (κ3) is 3.53. The standard InChI is InChI=1S/C15H20F3NO4/c1-9-3-4-12(23-9)14(22,15(16,17)18)7-13(21)19-6-5-11(8-19)10(2)20/h3-4,10-11,20,22H,5-8H2,1-2H3. The Balaban J connectivity index is 2.18. The Morgan fingerprint density at radius 3 is 2.57 bits per heavy atom. The summed E-state index contributed by atoms with van der Waals surface area (Å²) in [4.78, 5) is 13.4. The molecule has 23 heavy (non-hydrogen) atoms. The molecule has 0 spiro atoms. The maximum absolute atomic E-state index is 13.3. The van der Waals surface area contributed by atoms with Gasteiger partial charge in [0, 0.05) is 19.0 Å². The number of carbonyl (C=O) groups excluding carboxylic acids is 1. The summed E-state index contributed by atoms with van der Waals surface area (Å²) in [5.74, 6) is -1.46. The predicted molar refractivity (Wildman–Crippen MR) is 74.4 cm³/mol. The second-order valence-electron chi connectivity index (χ2n) is 6.07. The van der Waals surface area contributed by atoms with Gasteiger partial charge in [-0.25, -0.2) is 0 Å². The van der Waals surface area contributed by atoms with E-state index < -0.39 is 36.0 Å². The van der Waals surface area contributed by atoms with Gasteiger partial charge in [-0.05, 0) is 32.4 Å². The van der Waals surface area contributed by atoms with Crippen molar-refractivity contribution in [1.82, 2.24) is 4.90 Å². The lowest BCUT2D eigenvalue weighted by atomic mass is 9.95. The Morgan fingerprint density at radius 1 is 1.48 bits per heavy atom. The van der Waals surface area contributed by atoms with Crippen LogP contribution < -0.4 is 0 Å².